The molecular weight excluding hydrogens is 434 g/mol. The molecule has 0 aromatic heterocycles. The normalized spacial score (nSPS) is 13.8. The Hall–Kier alpha value is -3.30. The predicted molar refractivity (Wildman–Crippen MR) is 123 cm³/mol. The topological polar surface area (TPSA) is 128 Å². The Balaban J connectivity index is 1.86. The maximum Gasteiger partial charge on any atom is 0.323 e. The Morgan fingerprint density at radius 2 is 1.88 bits per heavy atom. The largest absolute Gasteiger partial charge is 0.480 e. The molecule has 32 heavy (non-hydrogen) atoms. The monoisotopic (exact) mass is 459 g/mol. The second-order valence-electron chi connectivity index (χ2n) is 8.10. The van der Waals surface area contributed by atoms with Crippen molar-refractivity contribution in [2.75, 3.05) is 29.9 Å². The summed E-state index contributed by atoms with van der Waals surface area (Å²) >= 11 is 6.43. The van der Waals surface area contributed by atoms with E-state index in [9.17, 15) is 14.4 Å². The van der Waals surface area contributed by atoms with Crippen LogP contribution in [-0.2, 0) is 11.3 Å². The minimum Gasteiger partial charge on any atom is -0.480 e. The molecule has 0 saturated carbocycles. The van der Waals surface area contributed by atoms with Gasteiger partial charge in [-0.3, -0.25) is 9.59 Å². The van der Waals surface area contributed by atoms with Crippen LogP contribution in [0.4, 0.5) is 16.2 Å². The number of carboxylic acid groups (broad SMARTS) is 1. The summed E-state index contributed by atoms with van der Waals surface area (Å²) in [4.78, 5) is 39.7. The Labute approximate surface area is 191 Å². The first-order valence-corrected chi connectivity index (χ1v) is 10.4. The van der Waals surface area contributed by atoms with Gasteiger partial charge in [0.15, 0.2) is 0 Å². The van der Waals surface area contributed by atoms with Gasteiger partial charge in [0.2, 0.25) is 0 Å². The van der Waals surface area contributed by atoms with E-state index in [1.54, 1.807) is 23.1 Å². The molecule has 9 nitrogen and oxygen atoms in total. The zero-order valence-electron chi connectivity index (χ0n) is 17.9. The van der Waals surface area contributed by atoms with Gasteiger partial charge in [0.05, 0.1) is 16.2 Å². The third kappa shape index (κ3) is 5.68. The fourth-order valence-corrected chi connectivity index (χ4v) is 3.73. The van der Waals surface area contributed by atoms with E-state index in [2.05, 4.69) is 10.6 Å². The van der Waals surface area contributed by atoms with Gasteiger partial charge in [0.25, 0.3) is 5.91 Å². The lowest BCUT2D eigenvalue weighted by molar-refractivity contribution is -0.135. The molecule has 1 aliphatic rings. The Bertz CT molecular complexity index is 1040. The van der Waals surface area contributed by atoms with Crippen molar-refractivity contribution < 1.29 is 19.5 Å². The van der Waals surface area contributed by atoms with E-state index in [0.29, 0.717) is 16.9 Å². The number of hydrogen-bond donors (Lipinski definition) is 4. The molecule has 0 atom stereocenters. The summed E-state index contributed by atoms with van der Waals surface area (Å²) in [6.07, 6.45) is 0. The highest BCUT2D eigenvalue weighted by Crippen LogP contribution is 2.29. The summed E-state index contributed by atoms with van der Waals surface area (Å²) in [5.74, 6) is -1.43. The first-order valence-electron chi connectivity index (χ1n) is 10.1. The van der Waals surface area contributed by atoms with Gasteiger partial charge in [-0.1, -0.05) is 29.8 Å². The zero-order valence-corrected chi connectivity index (χ0v) is 18.6. The van der Waals surface area contributed by atoms with Crippen LogP contribution in [0, 0.1) is 0 Å². The third-order valence-corrected chi connectivity index (χ3v) is 5.14. The summed E-state index contributed by atoms with van der Waals surface area (Å²) in [7, 11) is 0. The van der Waals surface area contributed by atoms with Crippen LogP contribution in [0.1, 0.15) is 29.8 Å². The second kappa shape index (κ2) is 9.46. The molecule has 0 spiro atoms. The highest BCUT2D eigenvalue weighted by molar-refractivity contribution is 6.34. The number of carboxylic acids is 1. The quantitative estimate of drug-likeness (QED) is 0.509. The number of urea groups is 1. The first-order chi connectivity index (χ1) is 15.0. The average molecular weight is 460 g/mol. The summed E-state index contributed by atoms with van der Waals surface area (Å²) in [6.45, 7) is 3.84. The van der Waals surface area contributed by atoms with Crippen molar-refractivity contribution in [3.63, 3.8) is 0 Å². The van der Waals surface area contributed by atoms with Crippen molar-refractivity contribution in [1.29, 1.82) is 0 Å². The van der Waals surface area contributed by atoms with Crippen LogP contribution in [0.2, 0.25) is 5.02 Å². The number of para-hydroxylation sites is 1. The molecule has 1 heterocycles. The Kier molecular flexibility index (Phi) is 6.90. The number of aliphatic carboxylic acids is 1. The lowest BCUT2D eigenvalue weighted by Crippen LogP contribution is -2.44. The van der Waals surface area contributed by atoms with Crippen molar-refractivity contribution >= 4 is 40.9 Å². The van der Waals surface area contributed by atoms with E-state index < -0.39 is 24.2 Å². The highest BCUT2D eigenvalue weighted by atomic mass is 35.5. The smallest absolute Gasteiger partial charge is 0.323 e. The van der Waals surface area contributed by atoms with Crippen molar-refractivity contribution in [2.45, 2.75) is 26.1 Å². The standard InChI is InChI=1S/C22H26ClN5O4/c1-22(2,24)26-15-7-8-16(17(23)11-15)20(31)28-10-9-27(21(32)25-12-19(29)30)13-14-5-3-4-6-18(14)28/h3-8,11,26H,9-10,12-13,24H2,1-2H3,(H,25,32)(H,29,30). The van der Waals surface area contributed by atoms with Crippen LogP contribution >= 0.6 is 11.6 Å². The van der Waals surface area contributed by atoms with E-state index in [-0.39, 0.29) is 30.6 Å². The third-order valence-electron chi connectivity index (χ3n) is 4.83. The van der Waals surface area contributed by atoms with E-state index in [0.717, 1.165) is 5.56 Å². The molecule has 5 N–H and O–H groups in total. The number of benzene rings is 2. The number of nitrogens with zero attached hydrogens (tertiary/aromatic N) is 2. The van der Waals surface area contributed by atoms with Gasteiger partial charge in [-0.2, -0.15) is 0 Å². The number of anilines is 2. The number of carbonyl (C=O) groups excluding carboxylic acids is 2. The van der Waals surface area contributed by atoms with Crippen LogP contribution in [-0.4, -0.2) is 53.2 Å². The van der Waals surface area contributed by atoms with Crippen molar-refractivity contribution in [3.05, 3.63) is 58.6 Å². The number of rotatable bonds is 5. The molecule has 0 radical (unpaired) electrons. The van der Waals surface area contributed by atoms with Gasteiger partial charge in [-0.15, -0.1) is 0 Å². The minimum absolute atomic E-state index is 0.225. The van der Waals surface area contributed by atoms with Gasteiger partial charge in [0.1, 0.15) is 6.54 Å². The molecule has 2 aromatic carbocycles. The minimum atomic E-state index is -1.13. The van der Waals surface area contributed by atoms with Gasteiger partial charge in [-0.05, 0) is 43.7 Å². The number of hydrogen-bond acceptors (Lipinski definition) is 5. The summed E-state index contributed by atoms with van der Waals surface area (Å²) < 4.78 is 0. The molecule has 0 saturated heterocycles. The van der Waals surface area contributed by atoms with E-state index >= 15 is 0 Å². The Morgan fingerprint density at radius 3 is 2.53 bits per heavy atom. The summed E-state index contributed by atoms with van der Waals surface area (Å²) in [6, 6.07) is 11.8. The van der Waals surface area contributed by atoms with E-state index in [1.165, 1.54) is 4.90 Å². The number of fused-ring (bicyclic) bond motifs is 1. The maximum absolute atomic E-state index is 13.4. The molecular formula is C22H26ClN5O4. The highest BCUT2D eigenvalue weighted by Gasteiger charge is 2.28. The lowest BCUT2D eigenvalue weighted by Gasteiger charge is -2.25. The van der Waals surface area contributed by atoms with Crippen molar-refractivity contribution in [1.82, 2.24) is 10.2 Å². The van der Waals surface area contributed by atoms with Gasteiger partial charge in [-0.25, -0.2) is 4.79 Å². The first kappa shape index (κ1) is 23.4. The number of carbonyl (C=O) groups is 3. The zero-order chi connectivity index (χ0) is 23.5. The predicted octanol–water partition coefficient (Wildman–Crippen LogP) is 2.70. The van der Waals surface area contributed by atoms with Crippen LogP contribution < -0.4 is 21.3 Å². The summed E-state index contributed by atoms with van der Waals surface area (Å²) in [5.41, 5.74) is 7.79. The van der Waals surface area contributed by atoms with Crippen molar-refractivity contribution in [3.8, 4) is 0 Å². The van der Waals surface area contributed by atoms with E-state index in [4.69, 9.17) is 22.4 Å². The molecule has 3 amide bonds. The van der Waals surface area contributed by atoms with Crippen LogP contribution in [0.5, 0.6) is 0 Å². The fraction of sp³-hybridized carbons (Fsp3) is 0.318. The fourth-order valence-electron chi connectivity index (χ4n) is 3.46. The molecule has 0 unspecified atom stereocenters. The number of amides is 3. The number of nitrogens with one attached hydrogen (secondary N) is 2. The molecule has 0 aliphatic carbocycles. The average Bonchev–Trinajstić information content (AvgIpc) is 2.90. The SMILES string of the molecule is CC(C)(N)Nc1ccc(C(=O)N2CCN(C(=O)NCC(=O)O)Cc3ccccc32)c(Cl)c1. The Morgan fingerprint density at radius 1 is 1.16 bits per heavy atom. The number of halogens is 1. The molecule has 0 bridgehead atoms. The molecule has 10 heteroatoms. The van der Waals surface area contributed by atoms with Crippen LogP contribution in [0.25, 0.3) is 0 Å². The molecule has 2 aromatic rings. The molecule has 1 aliphatic heterocycles. The summed E-state index contributed by atoms with van der Waals surface area (Å²) in [5, 5.41) is 14.6. The van der Waals surface area contributed by atoms with Gasteiger partial charge < -0.3 is 31.3 Å². The van der Waals surface area contributed by atoms with Crippen molar-refractivity contribution in [2.24, 2.45) is 5.73 Å². The lowest BCUT2D eigenvalue weighted by atomic mass is 10.1. The molecule has 3 rings (SSSR count). The second-order valence-corrected chi connectivity index (χ2v) is 8.51. The van der Waals surface area contributed by atoms with Crippen LogP contribution in [0.3, 0.4) is 0 Å². The molecule has 170 valence electrons. The molecule has 0 fully saturated rings. The number of nitrogens with two attached hydrogens (primary N) is 1. The van der Waals surface area contributed by atoms with Gasteiger partial charge >= 0.3 is 12.0 Å². The van der Waals surface area contributed by atoms with Gasteiger partial charge in [0, 0.05) is 31.0 Å². The van der Waals surface area contributed by atoms with Crippen LogP contribution in [0.15, 0.2) is 42.5 Å². The maximum atomic E-state index is 13.4. The van der Waals surface area contributed by atoms with E-state index in [1.807, 2.05) is 38.1 Å².